The minimum Gasteiger partial charge on any atom is -0.353 e. The van der Waals surface area contributed by atoms with Crippen molar-refractivity contribution in [3.63, 3.8) is 0 Å². The molecule has 2 aromatic rings. The molecule has 0 aliphatic rings. The fraction of sp³-hybridized carbons (Fsp3) is 0.467. The van der Waals surface area contributed by atoms with Crippen molar-refractivity contribution >= 4 is 17.7 Å². The number of carbonyl (C=O) groups excluding carboxylic acids is 1. The van der Waals surface area contributed by atoms with Crippen LogP contribution >= 0.6 is 11.8 Å². The Labute approximate surface area is 134 Å². The van der Waals surface area contributed by atoms with Gasteiger partial charge in [-0.15, -0.1) is 5.10 Å². The predicted octanol–water partition coefficient (Wildman–Crippen LogP) is 2.22. The highest BCUT2D eigenvalue weighted by Crippen LogP contribution is 2.20. The molecule has 0 bridgehead atoms. The van der Waals surface area contributed by atoms with E-state index in [0.717, 1.165) is 11.3 Å². The zero-order chi connectivity index (χ0) is 16.1. The van der Waals surface area contributed by atoms with Crippen LogP contribution < -0.4 is 5.32 Å². The number of aromatic nitrogens is 4. The van der Waals surface area contributed by atoms with E-state index in [2.05, 4.69) is 34.7 Å². The predicted molar refractivity (Wildman–Crippen MR) is 87.1 cm³/mol. The van der Waals surface area contributed by atoms with Gasteiger partial charge in [-0.1, -0.05) is 43.8 Å². The first kappa shape index (κ1) is 16.5. The number of carbonyl (C=O) groups is 1. The Morgan fingerprint density at radius 2 is 2.05 bits per heavy atom. The van der Waals surface area contributed by atoms with Crippen molar-refractivity contribution in [1.82, 2.24) is 25.5 Å². The molecule has 0 fully saturated rings. The smallest absolute Gasteiger partial charge is 0.230 e. The van der Waals surface area contributed by atoms with Gasteiger partial charge in [0.1, 0.15) is 0 Å². The zero-order valence-corrected chi connectivity index (χ0v) is 14.1. The maximum absolute atomic E-state index is 12.0. The van der Waals surface area contributed by atoms with Gasteiger partial charge in [0, 0.05) is 6.04 Å². The van der Waals surface area contributed by atoms with Crippen LogP contribution in [-0.4, -0.2) is 37.9 Å². The van der Waals surface area contributed by atoms with Crippen LogP contribution in [0.15, 0.2) is 29.4 Å². The fourth-order valence-electron chi connectivity index (χ4n) is 1.81. The molecule has 22 heavy (non-hydrogen) atoms. The van der Waals surface area contributed by atoms with E-state index in [9.17, 15) is 4.79 Å². The van der Waals surface area contributed by atoms with E-state index in [1.54, 1.807) is 4.68 Å². The molecular formula is C15H21N5OS. The van der Waals surface area contributed by atoms with Crippen LogP contribution in [-0.2, 0) is 4.79 Å². The van der Waals surface area contributed by atoms with Crippen LogP contribution in [0.5, 0.6) is 0 Å². The van der Waals surface area contributed by atoms with Crippen LogP contribution in [0.1, 0.15) is 26.3 Å². The third-order valence-electron chi connectivity index (χ3n) is 3.51. The van der Waals surface area contributed by atoms with Gasteiger partial charge in [-0.3, -0.25) is 4.79 Å². The molecule has 118 valence electrons. The minimum atomic E-state index is -0.00877. The number of amides is 1. The SMILES string of the molecule is Cc1ccccc1-n1nnnc1SCC(=O)N[C@@H](C)C(C)C. The van der Waals surface area contributed by atoms with Crippen molar-refractivity contribution in [2.24, 2.45) is 5.92 Å². The molecule has 1 aromatic heterocycles. The summed E-state index contributed by atoms with van der Waals surface area (Å²) >= 11 is 1.33. The third kappa shape index (κ3) is 4.07. The number of hydrogen-bond acceptors (Lipinski definition) is 5. The van der Waals surface area contributed by atoms with Crippen molar-refractivity contribution in [2.45, 2.75) is 38.9 Å². The number of rotatable bonds is 6. The van der Waals surface area contributed by atoms with E-state index >= 15 is 0 Å². The van der Waals surface area contributed by atoms with Crippen LogP contribution in [0.3, 0.4) is 0 Å². The molecule has 1 amide bonds. The lowest BCUT2D eigenvalue weighted by atomic mass is 10.1. The first-order valence-corrected chi connectivity index (χ1v) is 8.24. The number of thioether (sulfide) groups is 1. The van der Waals surface area contributed by atoms with Crippen molar-refractivity contribution in [3.8, 4) is 5.69 Å². The Balaban J connectivity index is 2.02. The second-order valence-corrected chi connectivity index (χ2v) is 6.49. The Morgan fingerprint density at radius 3 is 2.73 bits per heavy atom. The summed E-state index contributed by atoms with van der Waals surface area (Å²) in [5, 5.41) is 15.3. The molecule has 7 heteroatoms. The van der Waals surface area contributed by atoms with Gasteiger partial charge in [0.25, 0.3) is 0 Å². The fourth-order valence-corrected chi connectivity index (χ4v) is 2.51. The van der Waals surface area contributed by atoms with E-state index in [0.29, 0.717) is 16.8 Å². The molecule has 0 saturated heterocycles. The number of tetrazole rings is 1. The second kappa shape index (κ2) is 7.40. The van der Waals surface area contributed by atoms with Crippen LogP contribution in [0.4, 0.5) is 0 Å². The van der Waals surface area contributed by atoms with Gasteiger partial charge in [0.2, 0.25) is 11.1 Å². The summed E-state index contributed by atoms with van der Waals surface area (Å²) in [5.74, 6) is 0.695. The van der Waals surface area contributed by atoms with Gasteiger partial charge in [0.05, 0.1) is 11.4 Å². The number of nitrogens with one attached hydrogen (secondary N) is 1. The molecule has 0 saturated carbocycles. The minimum absolute atomic E-state index is 0.00877. The molecule has 0 aliphatic heterocycles. The molecule has 0 spiro atoms. The van der Waals surface area contributed by atoms with E-state index in [1.165, 1.54) is 11.8 Å². The molecule has 1 N–H and O–H groups in total. The number of aryl methyl sites for hydroxylation is 1. The first-order valence-electron chi connectivity index (χ1n) is 7.25. The Bertz CT molecular complexity index is 640. The van der Waals surface area contributed by atoms with Crippen molar-refractivity contribution < 1.29 is 4.79 Å². The first-order chi connectivity index (χ1) is 10.5. The summed E-state index contributed by atoms with van der Waals surface area (Å²) in [7, 11) is 0. The van der Waals surface area contributed by atoms with Gasteiger partial charge in [-0.05, 0) is 41.8 Å². The largest absolute Gasteiger partial charge is 0.353 e. The standard InChI is InChI=1S/C15H21N5OS/c1-10(2)12(4)16-14(21)9-22-15-17-18-19-20(15)13-8-6-5-7-11(13)3/h5-8,10,12H,9H2,1-4H3,(H,16,21)/t12-/m0/s1. The summed E-state index contributed by atoms with van der Waals surface area (Å²) in [4.78, 5) is 12.0. The van der Waals surface area contributed by atoms with Gasteiger partial charge in [0.15, 0.2) is 0 Å². The van der Waals surface area contributed by atoms with Crippen LogP contribution in [0, 0.1) is 12.8 Å². The molecule has 0 unspecified atom stereocenters. The summed E-state index contributed by atoms with van der Waals surface area (Å²) in [6, 6.07) is 8.02. The summed E-state index contributed by atoms with van der Waals surface area (Å²) in [5.41, 5.74) is 2.00. The molecule has 0 aliphatic carbocycles. The lowest BCUT2D eigenvalue weighted by molar-refractivity contribution is -0.119. The van der Waals surface area contributed by atoms with E-state index in [-0.39, 0.29) is 11.9 Å². The van der Waals surface area contributed by atoms with Gasteiger partial charge in [-0.2, -0.15) is 4.68 Å². The second-order valence-electron chi connectivity index (χ2n) is 5.55. The molecule has 1 heterocycles. The van der Waals surface area contributed by atoms with Crippen LogP contribution in [0.2, 0.25) is 0 Å². The highest BCUT2D eigenvalue weighted by atomic mass is 32.2. The summed E-state index contributed by atoms with van der Waals surface area (Å²) < 4.78 is 1.67. The quantitative estimate of drug-likeness (QED) is 0.827. The molecule has 1 aromatic carbocycles. The summed E-state index contributed by atoms with van der Waals surface area (Å²) in [6.07, 6.45) is 0. The number of nitrogens with zero attached hydrogens (tertiary/aromatic N) is 4. The van der Waals surface area contributed by atoms with E-state index < -0.39 is 0 Å². The lowest BCUT2D eigenvalue weighted by Gasteiger charge is -2.17. The molecular weight excluding hydrogens is 298 g/mol. The molecule has 1 atom stereocenters. The number of benzene rings is 1. The average Bonchev–Trinajstić information content (AvgIpc) is 2.93. The average molecular weight is 319 g/mol. The van der Waals surface area contributed by atoms with Gasteiger partial charge in [-0.25, -0.2) is 0 Å². The van der Waals surface area contributed by atoms with Crippen molar-refractivity contribution in [3.05, 3.63) is 29.8 Å². The van der Waals surface area contributed by atoms with E-state index in [1.807, 2.05) is 38.1 Å². The monoisotopic (exact) mass is 319 g/mol. The Hall–Kier alpha value is -1.89. The number of para-hydroxylation sites is 1. The normalized spacial score (nSPS) is 12.4. The molecule has 6 nitrogen and oxygen atoms in total. The van der Waals surface area contributed by atoms with Crippen molar-refractivity contribution in [1.29, 1.82) is 0 Å². The Kier molecular flexibility index (Phi) is 5.54. The molecule has 2 rings (SSSR count). The van der Waals surface area contributed by atoms with Gasteiger partial charge >= 0.3 is 0 Å². The Morgan fingerprint density at radius 1 is 1.32 bits per heavy atom. The van der Waals surface area contributed by atoms with E-state index in [4.69, 9.17) is 0 Å². The highest BCUT2D eigenvalue weighted by molar-refractivity contribution is 7.99. The summed E-state index contributed by atoms with van der Waals surface area (Å²) in [6.45, 7) is 8.17. The topological polar surface area (TPSA) is 72.7 Å². The lowest BCUT2D eigenvalue weighted by Crippen LogP contribution is -2.37. The van der Waals surface area contributed by atoms with Crippen molar-refractivity contribution in [2.75, 3.05) is 5.75 Å². The maximum atomic E-state index is 12.0. The van der Waals surface area contributed by atoms with Crippen LogP contribution in [0.25, 0.3) is 5.69 Å². The van der Waals surface area contributed by atoms with Gasteiger partial charge < -0.3 is 5.32 Å². The zero-order valence-electron chi connectivity index (χ0n) is 13.3. The number of hydrogen-bond donors (Lipinski definition) is 1. The highest BCUT2D eigenvalue weighted by Gasteiger charge is 2.15. The maximum Gasteiger partial charge on any atom is 0.230 e. The molecule has 0 radical (unpaired) electrons. The third-order valence-corrected chi connectivity index (χ3v) is 4.42.